The second-order valence-electron chi connectivity index (χ2n) is 4.83. The molecule has 1 aromatic carbocycles. The van der Waals surface area contributed by atoms with Crippen molar-refractivity contribution in [3.8, 4) is 11.3 Å². The zero-order valence-corrected chi connectivity index (χ0v) is 12.8. The Labute approximate surface area is 126 Å². The Hall–Kier alpha value is -1.24. The van der Waals surface area contributed by atoms with Gasteiger partial charge in [-0.1, -0.05) is 33.3 Å². The molecule has 0 radical (unpaired) electrons. The van der Waals surface area contributed by atoms with Crippen molar-refractivity contribution in [2.75, 3.05) is 32.8 Å². The topological polar surface area (TPSA) is 43.2 Å². The molecule has 0 N–H and O–H groups in total. The number of hydrogen-bond acceptors (Lipinski definition) is 4. The van der Waals surface area contributed by atoms with Gasteiger partial charge in [0, 0.05) is 29.7 Å². The lowest BCUT2D eigenvalue weighted by atomic mass is 10.2. The van der Waals surface area contributed by atoms with Crippen LogP contribution in [0.15, 0.2) is 34.9 Å². The van der Waals surface area contributed by atoms with Crippen LogP contribution < -0.4 is 0 Å². The number of aromatic nitrogens is 3. The summed E-state index contributed by atoms with van der Waals surface area (Å²) in [5.74, 6) is 0. The number of halogens is 1. The Morgan fingerprint density at radius 1 is 1.10 bits per heavy atom. The second kappa shape index (κ2) is 6.47. The number of ether oxygens (including phenoxy) is 1. The van der Waals surface area contributed by atoms with Crippen LogP contribution >= 0.6 is 15.9 Å². The van der Waals surface area contributed by atoms with Crippen LogP contribution in [0.1, 0.15) is 0 Å². The van der Waals surface area contributed by atoms with Crippen molar-refractivity contribution in [3.05, 3.63) is 34.9 Å². The SMILES string of the molecule is Brc1ccc(-c2cn(CCN3CCOCC3)nn2)cc1. The highest BCUT2D eigenvalue weighted by molar-refractivity contribution is 9.10. The molecular weight excluding hydrogens is 320 g/mol. The van der Waals surface area contributed by atoms with Crippen LogP contribution in [-0.2, 0) is 11.3 Å². The monoisotopic (exact) mass is 336 g/mol. The summed E-state index contributed by atoms with van der Waals surface area (Å²) >= 11 is 3.44. The molecule has 0 saturated carbocycles. The van der Waals surface area contributed by atoms with Crippen molar-refractivity contribution in [1.82, 2.24) is 19.9 Å². The maximum Gasteiger partial charge on any atom is 0.113 e. The van der Waals surface area contributed by atoms with Crippen LogP contribution in [0.5, 0.6) is 0 Å². The fourth-order valence-electron chi connectivity index (χ4n) is 2.23. The van der Waals surface area contributed by atoms with Gasteiger partial charge in [0.2, 0.25) is 0 Å². The first-order valence-electron chi connectivity index (χ1n) is 6.77. The molecule has 0 spiro atoms. The first-order valence-corrected chi connectivity index (χ1v) is 7.57. The van der Waals surface area contributed by atoms with E-state index in [-0.39, 0.29) is 0 Å². The zero-order chi connectivity index (χ0) is 13.8. The summed E-state index contributed by atoms with van der Waals surface area (Å²) in [5, 5.41) is 8.43. The summed E-state index contributed by atoms with van der Waals surface area (Å²) in [6.07, 6.45) is 2.00. The number of hydrogen-bond donors (Lipinski definition) is 0. The Morgan fingerprint density at radius 2 is 1.85 bits per heavy atom. The molecule has 106 valence electrons. The normalized spacial score (nSPS) is 16.4. The largest absolute Gasteiger partial charge is 0.379 e. The van der Waals surface area contributed by atoms with Gasteiger partial charge < -0.3 is 4.74 Å². The van der Waals surface area contributed by atoms with E-state index in [0.29, 0.717) is 0 Å². The van der Waals surface area contributed by atoms with Crippen molar-refractivity contribution < 1.29 is 4.74 Å². The van der Waals surface area contributed by atoms with Gasteiger partial charge in [-0.3, -0.25) is 9.58 Å². The first kappa shape index (κ1) is 13.7. The van der Waals surface area contributed by atoms with Gasteiger partial charge in [-0.25, -0.2) is 0 Å². The summed E-state index contributed by atoms with van der Waals surface area (Å²) in [4.78, 5) is 2.39. The summed E-state index contributed by atoms with van der Waals surface area (Å²) in [6, 6.07) is 8.12. The van der Waals surface area contributed by atoms with E-state index in [1.54, 1.807) is 0 Å². The summed E-state index contributed by atoms with van der Waals surface area (Å²) < 4.78 is 8.32. The molecule has 5 nitrogen and oxygen atoms in total. The summed E-state index contributed by atoms with van der Waals surface area (Å²) in [6.45, 7) is 5.54. The van der Waals surface area contributed by atoms with Gasteiger partial charge in [-0.2, -0.15) is 0 Å². The summed E-state index contributed by atoms with van der Waals surface area (Å²) in [7, 11) is 0. The van der Waals surface area contributed by atoms with Crippen molar-refractivity contribution in [1.29, 1.82) is 0 Å². The molecule has 2 aromatic rings. The van der Waals surface area contributed by atoms with Crippen LogP contribution in [0.2, 0.25) is 0 Å². The molecule has 0 bridgehead atoms. The molecule has 1 fully saturated rings. The van der Waals surface area contributed by atoms with E-state index in [9.17, 15) is 0 Å². The van der Waals surface area contributed by atoms with Gasteiger partial charge in [0.05, 0.1) is 26.0 Å². The number of nitrogens with zero attached hydrogens (tertiary/aromatic N) is 4. The number of rotatable bonds is 4. The molecule has 3 rings (SSSR count). The van der Waals surface area contributed by atoms with Crippen LogP contribution in [0, 0.1) is 0 Å². The molecule has 0 aliphatic carbocycles. The molecule has 1 aliphatic rings. The first-order chi connectivity index (χ1) is 9.81. The van der Waals surface area contributed by atoms with E-state index in [1.165, 1.54) is 0 Å². The average Bonchev–Trinajstić information content (AvgIpc) is 2.96. The minimum atomic E-state index is 0.835. The number of benzene rings is 1. The van der Waals surface area contributed by atoms with Gasteiger partial charge >= 0.3 is 0 Å². The third-order valence-electron chi connectivity index (χ3n) is 3.43. The van der Waals surface area contributed by atoms with Crippen LogP contribution in [0.3, 0.4) is 0 Å². The standard InChI is InChI=1S/C14H17BrN4O/c15-13-3-1-12(2-4-13)14-11-19(17-16-14)6-5-18-7-9-20-10-8-18/h1-4,11H,5-10H2. The molecule has 20 heavy (non-hydrogen) atoms. The van der Waals surface area contributed by atoms with E-state index in [2.05, 4.69) is 31.1 Å². The van der Waals surface area contributed by atoms with Crippen LogP contribution in [-0.4, -0.2) is 52.7 Å². The molecule has 0 amide bonds. The van der Waals surface area contributed by atoms with Gasteiger partial charge in [0.15, 0.2) is 0 Å². The van der Waals surface area contributed by atoms with E-state index in [1.807, 2.05) is 35.1 Å². The van der Waals surface area contributed by atoms with Gasteiger partial charge in [0.1, 0.15) is 5.69 Å². The fourth-order valence-corrected chi connectivity index (χ4v) is 2.49. The maximum atomic E-state index is 5.34. The fraction of sp³-hybridized carbons (Fsp3) is 0.429. The maximum absolute atomic E-state index is 5.34. The lowest BCUT2D eigenvalue weighted by Gasteiger charge is -2.26. The molecule has 2 heterocycles. The van der Waals surface area contributed by atoms with Gasteiger partial charge in [0.25, 0.3) is 0 Å². The van der Waals surface area contributed by atoms with Crippen molar-refractivity contribution in [2.24, 2.45) is 0 Å². The quantitative estimate of drug-likeness (QED) is 0.856. The predicted octanol–water partition coefficient (Wildman–Crippen LogP) is 2.04. The van der Waals surface area contributed by atoms with Gasteiger partial charge in [-0.05, 0) is 12.1 Å². The Morgan fingerprint density at radius 3 is 2.60 bits per heavy atom. The van der Waals surface area contributed by atoms with E-state index in [4.69, 9.17) is 4.74 Å². The molecule has 0 atom stereocenters. The molecule has 1 aliphatic heterocycles. The highest BCUT2D eigenvalue weighted by atomic mass is 79.9. The zero-order valence-electron chi connectivity index (χ0n) is 11.2. The van der Waals surface area contributed by atoms with Crippen LogP contribution in [0.4, 0.5) is 0 Å². The lowest BCUT2D eigenvalue weighted by molar-refractivity contribution is 0.0359. The second-order valence-corrected chi connectivity index (χ2v) is 5.74. The summed E-state index contributed by atoms with van der Waals surface area (Å²) in [5.41, 5.74) is 2.00. The van der Waals surface area contributed by atoms with Crippen molar-refractivity contribution >= 4 is 15.9 Å². The lowest BCUT2D eigenvalue weighted by Crippen LogP contribution is -2.38. The minimum absolute atomic E-state index is 0.835. The Bertz CT molecular complexity index is 549. The smallest absolute Gasteiger partial charge is 0.113 e. The highest BCUT2D eigenvalue weighted by Gasteiger charge is 2.10. The molecule has 0 unspecified atom stereocenters. The molecular formula is C14H17BrN4O. The predicted molar refractivity (Wildman–Crippen MR) is 80.4 cm³/mol. The Kier molecular flexibility index (Phi) is 4.44. The van der Waals surface area contributed by atoms with E-state index in [0.717, 1.165) is 55.1 Å². The third-order valence-corrected chi connectivity index (χ3v) is 3.96. The van der Waals surface area contributed by atoms with Gasteiger partial charge in [-0.15, -0.1) is 5.10 Å². The minimum Gasteiger partial charge on any atom is -0.379 e. The number of morpholine rings is 1. The third kappa shape index (κ3) is 3.45. The van der Waals surface area contributed by atoms with E-state index < -0.39 is 0 Å². The molecule has 1 saturated heterocycles. The molecule has 1 aromatic heterocycles. The molecule has 6 heteroatoms. The van der Waals surface area contributed by atoms with Crippen molar-refractivity contribution in [2.45, 2.75) is 6.54 Å². The van der Waals surface area contributed by atoms with E-state index >= 15 is 0 Å². The average molecular weight is 337 g/mol. The highest BCUT2D eigenvalue weighted by Crippen LogP contribution is 2.19. The van der Waals surface area contributed by atoms with Crippen LogP contribution in [0.25, 0.3) is 11.3 Å². The van der Waals surface area contributed by atoms with Crippen molar-refractivity contribution in [3.63, 3.8) is 0 Å². The Balaban J connectivity index is 1.60.